The predicted molar refractivity (Wildman–Crippen MR) is 67.8 cm³/mol. The summed E-state index contributed by atoms with van der Waals surface area (Å²) in [6.45, 7) is 0.244. The molecular weight excluding hydrogens is 232 g/mol. The lowest BCUT2D eigenvalue weighted by molar-refractivity contribution is -0.140. The quantitative estimate of drug-likeness (QED) is 0.708. The van der Waals surface area contributed by atoms with Gasteiger partial charge in [0.2, 0.25) is 5.91 Å². The first-order valence-electron chi connectivity index (χ1n) is 5.77. The molecule has 1 aromatic carbocycles. The van der Waals surface area contributed by atoms with E-state index in [9.17, 15) is 9.59 Å². The Kier molecular flexibility index (Phi) is 5.87. The van der Waals surface area contributed by atoms with E-state index in [1.54, 1.807) is 0 Å². The maximum atomic E-state index is 11.6. The monoisotopic (exact) mass is 250 g/mol. The Bertz CT molecular complexity index is 392. The van der Waals surface area contributed by atoms with Gasteiger partial charge in [0, 0.05) is 6.54 Å². The van der Waals surface area contributed by atoms with Gasteiger partial charge in [-0.05, 0) is 12.0 Å². The summed E-state index contributed by atoms with van der Waals surface area (Å²) in [5.41, 5.74) is 6.78. The van der Waals surface area contributed by atoms with Crippen LogP contribution in [0, 0.1) is 0 Å². The van der Waals surface area contributed by atoms with Crippen LogP contribution in [-0.2, 0) is 20.7 Å². The molecule has 0 saturated carbocycles. The summed E-state index contributed by atoms with van der Waals surface area (Å²) in [4.78, 5) is 22.5. The molecule has 0 fully saturated rings. The van der Waals surface area contributed by atoms with Crippen LogP contribution in [0.2, 0.25) is 0 Å². The molecular formula is C13H18N2O3. The number of amides is 1. The summed E-state index contributed by atoms with van der Waals surface area (Å²) < 4.78 is 4.47. The fourth-order valence-corrected chi connectivity index (χ4v) is 1.48. The minimum absolute atomic E-state index is 0.153. The predicted octanol–water partition coefficient (Wildman–Crippen LogP) is 0.236. The third kappa shape index (κ3) is 4.97. The van der Waals surface area contributed by atoms with Gasteiger partial charge in [0.25, 0.3) is 0 Å². The van der Waals surface area contributed by atoms with Gasteiger partial charge in [-0.1, -0.05) is 30.3 Å². The molecule has 3 N–H and O–H groups in total. The van der Waals surface area contributed by atoms with E-state index in [-0.39, 0.29) is 24.8 Å². The molecule has 0 heterocycles. The molecule has 0 aliphatic rings. The van der Waals surface area contributed by atoms with Crippen LogP contribution in [0.25, 0.3) is 0 Å². The molecule has 1 rings (SSSR count). The Labute approximate surface area is 106 Å². The number of nitrogens with two attached hydrogens (primary N) is 1. The number of benzene rings is 1. The maximum absolute atomic E-state index is 11.6. The number of nitrogens with one attached hydrogen (secondary N) is 1. The van der Waals surface area contributed by atoms with Crippen LogP contribution in [0.1, 0.15) is 12.0 Å². The van der Waals surface area contributed by atoms with Gasteiger partial charge in [0.05, 0.1) is 19.6 Å². The second-order valence-corrected chi connectivity index (χ2v) is 3.91. The van der Waals surface area contributed by atoms with E-state index in [2.05, 4.69) is 10.1 Å². The Morgan fingerprint density at radius 3 is 2.61 bits per heavy atom. The zero-order chi connectivity index (χ0) is 13.4. The van der Waals surface area contributed by atoms with E-state index >= 15 is 0 Å². The molecule has 0 aromatic heterocycles. The summed E-state index contributed by atoms with van der Waals surface area (Å²) in [5.74, 6) is -0.616. The molecule has 0 saturated heterocycles. The molecule has 0 unspecified atom stereocenters. The number of carbonyl (C=O) groups is 2. The lowest BCUT2D eigenvalue weighted by Gasteiger charge is -2.11. The van der Waals surface area contributed by atoms with Gasteiger partial charge < -0.3 is 15.8 Å². The average molecular weight is 250 g/mol. The fourth-order valence-electron chi connectivity index (χ4n) is 1.48. The minimum atomic E-state index is -0.606. The second-order valence-electron chi connectivity index (χ2n) is 3.91. The second kappa shape index (κ2) is 7.45. The normalized spacial score (nSPS) is 11.7. The number of esters is 1. The van der Waals surface area contributed by atoms with Crippen molar-refractivity contribution in [3.05, 3.63) is 35.9 Å². The average Bonchev–Trinajstić information content (AvgIpc) is 2.39. The highest BCUT2D eigenvalue weighted by Gasteiger charge is 2.13. The van der Waals surface area contributed by atoms with Crippen molar-refractivity contribution in [3.63, 3.8) is 0 Å². The molecule has 0 aliphatic carbocycles. The molecule has 0 spiro atoms. The zero-order valence-electron chi connectivity index (χ0n) is 10.4. The van der Waals surface area contributed by atoms with Crippen LogP contribution >= 0.6 is 0 Å². The van der Waals surface area contributed by atoms with Gasteiger partial charge in [-0.3, -0.25) is 9.59 Å². The van der Waals surface area contributed by atoms with Crippen LogP contribution in [0.4, 0.5) is 0 Å². The van der Waals surface area contributed by atoms with Gasteiger partial charge in [-0.25, -0.2) is 0 Å². The van der Waals surface area contributed by atoms with Gasteiger partial charge in [0.15, 0.2) is 0 Å². The molecule has 98 valence electrons. The van der Waals surface area contributed by atoms with Crippen LogP contribution in [-0.4, -0.2) is 31.6 Å². The van der Waals surface area contributed by atoms with Gasteiger partial charge in [-0.2, -0.15) is 0 Å². The molecule has 1 atom stereocenters. The first-order chi connectivity index (χ1) is 8.63. The van der Waals surface area contributed by atoms with Crippen LogP contribution in [0.15, 0.2) is 30.3 Å². The molecule has 1 amide bonds. The number of methoxy groups -OCH3 is 1. The van der Waals surface area contributed by atoms with E-state index < -0.39 is 6.04 Å². The SMILES string of the molecule is COC(=O)CCNC(=O)[C@@H](N)Cc1ccccc1. The van der Waals surface area contributed by atoms with E-state index in [0.29, 0.717) is 6.42 Å². The van der Waals surface area contributed by atoms with Crippen molar-refractivity contribution in [2.45, 2.75) is 18.9 Å². The lowest BCUT2D eigenvalue weighted by atomic mass is 10.1. The van der Waals surface area contributed by atoms with E-state index in [1.165, 1.54) is 7.11 Å². The first-order valence-corrected chi connectivity index (χ1v) is 5.77. The van der Waals surface area contributed by atoms with Crippen molar-refractivity contribution >= 4 is 11.9 Å². The summed E-state index contributed by atoms with van der Waals surface area (Å²) in [6.07, 6.45) is 0.630. The summed E-state index contributed by atoms with van der Waals surface area (Å²) in [6, 6.07) is 8.94. The van der Waals surface area contributed by atoms with Crippen molar-refractivity contribution in [1.29, 1.82) is 0 Å². The zero-order valence-corrected chi connectivity index (χ0v) is 10.4. The highest BCUT2D eigenvalue weighted by atomic mass is 16.5. The highest BCUT2D eigenvalue weighted by Crippen LogP contribution is 2.01. The van der Waals surface area contributed by atoms with Crippen molar-refractivity contribution < 1.29 is 14.3 Å². The Morgan fingerprint density at radius 2 is 2.00 bits per heavy atom. The molecule has 18 heavy (non-hydrogen) atoms. The largest absolute Gasteiger partial charge is 0.469 e. The van der Waals surface area contributed by atoms with Crippen molar-refractivity contribution in [1.82, 2.24) is 5.32 Å². The molecule has 1 aromatic rings. The Hall–Kier alpha value is -1.88. The highest BCUT2D eigenvalue weighted by molar-refractivity contribution is 5.82. The molecule has 5 nitrogen and oxygen atoms in total. The number of ether oxygens (including phenoxy) is 1. The Balaban J connectivity index is 2.31. The first kappa shape index (κ1) is 14.2. The van der Waals surface area contributed by atoms with Crippen molar-refractivity contribution in [2.75, 3.05) is 13.7 Å². The lowest BCUT2D eigenvalue weighted by Crippen LogP contribution is -2.42. The van der Waals surface area contributed by atoms with E-state index in [1.807, 2.05) is 30.3 Å². The fraction of sp³-hybridized carbons (Fsp3) is 0.385. The van der Waals surface area contributed by atoms with E-state index in [4.69, 9.17) is 5.73 Å². The minimum Gasteiger partial charge on any atom is -0.469 e. The molecule has 0 aliphatic heterocycles. The summed E-state index contributed by atoms with van der Waals surface area (Å²) in [5, 5.41) is 2.60. The van der Waals surface area contributed by atoms with E-state index in [0.717, 1.165) is 5.56 Å². The summed E-state index contributed by atoms with van der Waals surface area (Å²) >= 11 is 0. The van der Waals surface area contributed by atoms with Crippen LogP contribution < -0.4 is 11.1 Å². The number of hydrogen-bond donors (Lipinski definition) is 2. The third-order valence-corrected chi connectivity index (χ3v) is 2.49. The number of hydrogen-bond acceptors (Lipinski definition) is 4. The van der Waals surface area contributed by atoms with Gasteiger partial charge in [0.1, 0.15) is 0 Å². The molecule has 0 bridgehead atoms. The third-order valence-electron chi connectivity index (χ3n) is 2.49. The van der Waals surface area contributed by atoms with Crippen LogP contribution in [0.5, 0.6) is 0 Å². The molecule has 0 radical (unpaired) electrons. The van der Waals surface area contributed by atoms with Crippen molar-refractivity contribution in [3.8, 4) is 0 Å². The standard InChI is InChI=1S/C13H18N2O3/c1-18-12(16)7-8-15-13(17)11(14)9-10-5-3-2-4-6-10/h2-6,11H,7-9,14H2,1H3,(H,15,17)/t11-/m0/s1. The van der Waals surface area contributed by atoms with Gasteiger partial charge >= 0.3 is 5.97 Å². The topological polar surface area (TPSA) is 81.4 Å². The van der Waals surface area contributed by atoms with Crippen LogP contribution in [0.3, 0.4) is 0 Å². The maximum Gasteiger partial charge on any atom is 0.307 e. The van der Waals surface area contributed by atoms with Gasteiger partial charge in [-0.15, -0.1) is 0 Å². The van der Waals surface area contributed by atoms with Crippen molar-refractivity contribution in [2.24, 2.45) is 5.73 Å². The number of carbonyl (C=O) groups excluding carboxylic acids is 2. The smallest absolute Gasteiger partial charge is 0.307 e. The molecule has 5 heteroatoms. The number of rotatable bonds is 6. The summed E-state index contributed by atoms with van der Waals surface area (Å²) in [7, 11) is 1.31. The Morgan fingerprint density at radius 1 is 1.33 bits per heavy atom.